The van der Waals surface area contributed by atoms with Crippen LogP contribution in [0.2, 0.25) is 0 Å². The van der Waals surface area contributed by atoms with Crippen LogP contribution >= 0.6 is 0 Å². The minimum absolute atomic E-state index is 0.0129. The number of hydrogen-bond donors (Lipinski definition) is 1. The molecule has 2 aromatic heterocycles. The largest absolute Gasteiger partial charge is 0.417 e. The van der Waals surface area contributed by atoms with Gasteiger partial charge >= 0.3 is 6.18 Å². The van der Waals surface area contributed by atoms with Gasteiger partial charge in [-0.25, -0.2) is 4.98 Å². The Morgan fingerprint density at radius 2 is 1.83 bits per heavy atom. The van der Waals surface area contributed by atoms with Crippen molar-refractivity contribution in [2.24, 2.45) is 5.92 Å². The van der Waals surface area contributed by atoms with Gasteiger partial charge in [0.05, 0.1) is 29.2 Å². The van der Waals surface area contributed by atoms with Crippen molar-refractivity contribution in [1.29, 1.82) is 0 Å². The molecule has 1 fully saturated rings. The smallest absolute Gasteiger partial charge is 0.351 e. The van der Waals surface area contributed by atoms with Gasteiger partial charge in [0.25, 0.3) is 5.91 Å². The Kier molecular flexibility index (Phi) is 7.14. The Morgan fingerprint density at radius 3 is 2.43 bits per heavy atom. The number of rotatable bonds is 9. The zero-order valence-electron chi connectivity index (χ0n) is 19.7. The van der Waals surface area contributed by atoms with Gasteiger partial charge in [0.1, 0.15) is 5.69 Å². The number of nitrogens with zero attached hydrogens (tertiary/aromatic N) is 3. The van der Waals surface area contributed by atoms with Gasteiger partial charge in [0.2, 0.25) is 0 Å². The number of alkyl halides is 3. The van der Waals surface area contributed by atoms with Gasteiger partial charge in [-0.15, -0.1) is 0 Å². The van der Waals surface area contributed by atoms with E-state index in [4.69, 9.17) is 0 Å². The molecule has 1 aliphatic rings. The molecule has 0 spiro atoms. The first-order valence-electron chi connectivity index (χ1n) is 11.9. The molecular formula is C26H27F3N4O2. The summed E-state index contributed by atoms with van der Waals surface area (Å²) in [6.07, 6.45) is 3.77. The molecule has 9 heteroatoms. The Bertz CT molecular complexity index is 1250. The maximum Gasteiger partial charge on any atom is 0.417 e. The molecule has 1 saturated carbocycles. The van der Waals surface area contributed by atoms with Crippen LogP contribution in [0.3, 0.4) is 0 Å². The number of unbranched alkanes of at least 4 members (excludes halogenated alkanes) is 1. The molecule has 3 aromatic rings. The number of nitrogens with one attached hydrogen (secondary N) is 1. The van der Waals surface area contributed by atoms with Crippen molar-refractivity contribution in [2.45, 2.75) is 58.5 Å². The minimum Gasteiger partial charge on any atom is -0.351 e. The molecule has 1 amide bonds. The molecule has 4 rings (SSSR count). The van der Waals surface area contributed by atoms with Crippen molar-refractivity contribution in [3.05, 3.63) is 53.1 Å². The van der Waals surface area contributed by atoms with E-state index >= 15 is 0 Å². The SMILES string of the molecule is CCCCNC(=O)c1cnc(-c2cc3c(CC)c(C(=O)CC4CC4)cnc3cc2C(F)(F)F)cn1. The van der Waals surface area contributed by atoms with Crippen molar-refractivity contribution < 1.29 is 22.8 Å². The molecule has 35 heavy (non-hydrogen) atoms. The van der Waals surface area contributed by atoms with Crippen LogP contribution in [-0.2, 0) is 12.6 Å². The van der Waals surface area contributed by atoms with E-state index in [2.05, 4.69) is 20.3 Å². The number of benzene rings is 1. The van der Waals surface area contributed by atoms with E-state index in [1.807, 2.05) is 13.8 Å². The molecule has 1 aromatic carbocycles. The summed E-state index contributed by atoms with van der Waals surface area (Å²) in [5, 5.41) is 3.19. The molecule has 0 saturated heterocycles. The van der Waals surface area contributed by atoms with Gasteiger partial charge < -0.3 is 5.32 Å². The summed E-state index contributed by atoms with van der Waals surface area (Å²) in [7, 11) is 0. The summed E-state index contributed by atoms with van der Waals surface area (Å²) in [4.78, 5) is 37.4. The first-order valence-corrected chi connectivity index (χ1v) is 11.9. The number of hydrogen-bond acceptors (Lipinski definition) is 5. The first kappa shape index (κ1) is 24.8. The molecule has 0 radical (unpaired) electrons. The van der Waals surface area contributed by atoms with E-state index in [0.29, 0.717) is 41.8 Å². The maximum atomic E-state index is 14.0. The zero-order valence-corrected chi connectivity index (χ0v) is 19.7. The molecule has 0 atom stereocenters. The average Bonchev–Trinajstić information content (AvgIpc) is 3.66. The summed E-state index contributed by atoms with van der Waals surface area (Å²) < 4.78 is 42.0. The van der Waals surface area contributed by atoms with Crippen molar-refractivity contribution in [3.8, 4) is 11.3 Å². The number of pyridine rings is 1. The molecule has 0 bridgehead atoms. The third kappa shape index (κ3) is 5.49. The van der Waals surface area contributed by atoms with Crippen LogP contribution in [-0.4, -0.2) is 33.2 Å². The highest BCUT2D eigenvalue weighted by Gasteiger charge is 2.35. The summed E-state index contributed by atoms with van der Waals surface area (Å²) in [6, 6.07) is 2.38. The lowest BCUT2D eigenvalue weighted by Gasteiger charge is -2.16. The number of carbonyl (C=O) groups excluding carboxylic acids is 2. The fourth-order valence-electron chi connectivity index (χ4n) is 4.11. The second-order valence-electron chi connectivity index (χ2n) is 8.88. The number of halogens is 3. The predicted molar refractivity (Wildman–Crippen MR) is 126 cm³/mol. The highest BCUT2D eigenvalue weighted by atomic mass is 19.4. The van der Waals surface area contributed by atoms with Crippen LogP contribution in [0.25, 0.3) is 22.2 Å². The molecule has 184 valence electrons. The fraction of sp³-hybridized carbons (Fsp3) is 0.423. The molecule has 0 aliphatic heterocycles. The van der Waals surface area contributed by atoms with E-state index in [1.54, 1.807) is 0 Å². The fourth-order valence-corrected chi connectivity index (χ4v) is 4.11. The Balaban J connectivity index is 1.77. The second kappa shape index (κ2) is 10.1. The monoisotopic (exact) mass is 484 g/mol. The summed E-state index contributed by atoms with van der Waals surface area (Å²) in [5.41, 5.74) is 0.257. The number of carbonyl (C=O) groups is 2. The molecular weight excluding hydrogens is 457 g/mol. The second-order valence-corrected chi connectivity index (χ2v) is 8.88. The molecule has 1 N–H and O–H groups in total. The third-order valence-electron chi connectivity index (χ3n) is 6.23. The van der Waals surface area contributed by atoms with Crippen LogP contribution in [0, 0.1) is 5.92 Å². The van der Waals surface area contributed by atoms with Crippen LogP contribution < -0.4 is 5.32 Å². The quantitative estimate of drug-likeness (QED) is 0.307. The lowest BCUT2D eigenvalue weighted by molar-refractivity contribution is -0.137. The Hall–Kier alpha value is -3.36. The van der Waals surface area contributed by atoms with E-state index in [0.717, 1.165) is 31.7 Å². The standard InChI is InChI=1S/C26H27F3N4O2/c1-3-5-8-30-25(35)23-14-32-22(13-33-23)18-10-17-16(4-2)19(24(34)9-15-6-7-15)12-31-21(17)11-20(18)26(27,28)29/h10-15H,3-9H2,1-2H3,(H,30,35). The zero-order chi connectivity index (χ0) is 25.2. The molecule has 0 unspecified atom stereocenters. The Labute approximate surface area is 201 Å². The van der Waals surface area contributed by atoms with Crippen molar-refractivity contribution in [3.63, 3.8) is 0 Å². The lowest BCUT2D eigenvalue weighted by atomic mass is 9.93. The van der Waals surface area contributed by atoms with E-state index in [9.17, 15) is 22.8 Å². The number of Topliss-reactive ketones (excluding diaryl/α,β-unsaturated/α-hetero) is 1. The third-order valence-corrected chi connectivity index (χ3v) is 6.23. The van der Waals surface area contributed by atoms with E-state index in [-0.39, 0.29) is 28.3 Å². The van der Waals surface area contributed by atoms with Gasteiger partial charge in [-0.2, -0.15) is 13.2 Å². The van der Waals surface area contributed by atoms with Crippen LogP contribution in [0.15, 0.2) is 30.7 Å². The summed E-state index contributed by atoms with van der Waals surface area (Å²) >= 11 is 0. The summed E-state index contributed by atoms with van der Waals surface area (Å²) in [5.74, 6) is -0.0687. The molecule has 2 heterocycles. The summed E-state index contributed by atoms with van der Waals surface area (Å²) in [6.45, 7) is 4.34. The molecule has 1 aliphatic carbocycles. The highest BCUT2D eigenvalue weighted by molar-refractivity contribution is 6.02. The van der Waals surface area contributed by atoms with Crippen molar-refractivity contribution in [1.82, 2.24) is 20.3 Å². The number of amides is 1. The highest BCUT2D eigenvalue weighted by Crippen LogP contribution is 2.40. The molecule has 6 nitrogen and oxygen atoms in total. The van der Waals surface area contributed by atoms with E-state index in [1.165, 1.54) is 24.7 Å². The number of aromatic nitrogens is 3. The number of fused-ring (bicyclic) bond motifs is 1. The van der Waals surface area contributed by atoms with Gasteiger partial charge in [-0.1, -0.05) is 20.3 Å². The predicted octanol–water partition coefficient (Wildman–Crippen LogP) is 5.79. The van der Waals surface area contributed by atoms with E-state index < -0.39 is 17.6 Å². The first-order chi connectivity index (χ1) is 16.7. The number of ketones is 1. The van der Waals surface area contributed by atoms with Gasteiger partial charge in [0, 0.05) is 35.7 Å². The van der Waals surface area contributed by atoms with Gasteiger partial charge in [-0.3, -0.25) is 19.6 Å². The minimum atomic E-state index is -4.66. The van der Waals surface area contributed by atoms with Gasteiger partial charge in [-0.05, 0) is 49.3 Å². The average molecular weight is 485 g/mol. The number of aryl methyl sites for hydroxylation is 1. The van der Waals surface area contributed by atoms with Crippen molar-refractivity contribution >= 4 is 22.6 Å². The lowest BCUT2D eigenvalue weighted by Crippen LogP contribution is -2.25. The van der Waals surface area contributed by atoms with Crippen LogP contribution in [0.1, 0.15) is 77.9 Å². The van der Waals surface area contributed by atoms with Crippen LogP contribution in [0.5, 0.6) is 0 Å². The van der Waals surface area contributed by atoms with Gasteiger partial charge in [0.15, 0.2) is 5.78 Å². The topological polar surface area (TPSA) is 84.8 Å². The maximum absolute atomic E-state index is 14.0. The Morgan fingerprint density at radius 1 is 1.06 bits per heavy atom. The normalized spacial score (nSPS) is 13.7. The van der Waals surface area contributed by atoms with Crippen molar-refractivity contribution in [2.75, 3.05) is 6.54 Å². The van der Waals surface area contributed by atoms with Crippen LogP contribution in [0.4, 0.5) is 13.2 Å².